The molecule has 0 saturated heterocycles. The molecule has 0 unspecified atom stereocenters. The molecular weight excluding hydrogens is 354 g/mol. The van der Waals surface area contributed by atoms with E-state index in [1.807, 2.05) is 0 Å². The molecule has 0 aromatic heterocycles. The van der Waals surface area contributed by atoms with E-state index < -0.39 is 10.0 Å². The van der Waals surface area contributed by atoms with Crippen LogP contribution in [0.5, 0.6) is 0 Å². The maximum absolute atomic E-state index is 12.3. The van der Waals surface area contributed by atoms with Crippen molar-refractivity contribution in [3.63, 3.8) is 0 Å². The van der Waals surface area contributed by atoms with E-state index in [-0.39, 0.29) is 23.1 Å². The highest BCUT2D eigenvalue weighted by molar-refractivity contribution is 7.89. The Hall–Kier alpha value is -2.71. The summed E-state index contributed by atoms with van der Waals surface area (Å²) in [5.74, 6) is -0.438. The van der Waals surface area contributed by atoms with Gasteiger partial charge in [0.25, 0.3) is 5.91 Å². The normalized spacial score (nSPS) is 11.2. The number of anilines is 1. The fourth-order valence-corrected chi connectivity index (χ4v) is 3.07. The first-order chi connectivity index (χ1) is 12.2. The second kappa shape index (κ2) is 8.11. The number of sulfonamides is 1. The van der Waals surface area contributed by atoms with Crippen LogP contribution in [0.15, 0.2) is 53.4 Å². The van der Waals surface area contributed by atoms with Gasteiger partial charge in [0.15, 0.2) is 0 Å². The molecule has 0 fully saturated rings. The Bertz CT molecular complexity index is 889. The third-order valence-electron chi connectivity index (χ3n) is 3.75. The summed E-state index contributed by atoms with van der Waals surface area (Å²) in [4.78, 5) is 23.7. The van der Waals surface area contributed by atoms with E-state index in [1.165, 1.54) is 38.4 Å². The molecule has 8 heteroatoms. The number of nitrogens with one attached hydrogen (secondary N) is 2. The number of rotatable bonds is 6. The van der Waals surface area contributed by atoms with Gasteiger partial charge in [-0.25, -0.2) is 12.7 Å². The predicted molar refractivity (Wildman–Crippen MR) is 99.5 cm³/mol. The molecule has 2 rings (SSSR count). The number of carbonyl (C=O) groups is 2. The minimum Gasteiger partial charge on any atom is -0.359 e. The summed E-state index contributed by atoms with van der Waals surface area (Å²) < 4.78 is 25.2. The van der Waals surface area contributed by atoms with Gasteiger partial charge in [0.05, 0.1) is 11.3 Å². The number of nitrogens with zero attached hydrogens (tertiary/aromatic N) is 1. The van der Waals surface area contributed by atoms with Crippen LogP contribution in [0.25, 0.3) is 0 Å². The van der Waals surface area contributed by atoms with Gasteiger partial charge in [0.2, 0.25) is 15.9 Å². The Morgan fingerprint density at radius 1 is 0.962 bits per heavy atom. The van der Waals surface area contributed by atoms with Crippen molar-refractivity contribution in [2.45, 2.75) is 11.3 Å². The van der Waals surface area contributed by atoms with Crippen LogP contribution >= 0.6 is 0 Å². The zero-order valence-corrected chi connectivity index (χ0v) is 15.6. The van der Waals surface area contributed by atoms with Gasteiger partial charge in [-0.3, -0.25) is 9.59 Å². The molecule has 0 aliphatic carbocycles. The van der Waals surface area contributed by atoms with Crippen LogP contribution in [0.4, 0.5) is 5.69 Å². The first-order valence-electron chi connectivity index (χ1n) is 7.87. The van der Waals surface area contributed by atoms with Crippen LogP contribution in [0.2, 0.25) is 0 Å². The monoisotopic (exact) mass is 375 g/mol. The highest BCUT2D eigenvalue weighted by Crippen LogP contribution is 2.16. The van der Waals surface area contributed by atoms with Crippen LogP contribution in [-0.2, 0) is 21.2 Å². The van der Waals surface area contributed by atoms with Crippen LogP contribution in [-0.4, -0.2) is 45.7 Å². The average molecular weight is 375 g/mol. The van der Waals surface area contributed by atoms with E-state index in [9.17, 15) is 18.0 Å². The summed E-state index contributed by atoms with van der Waals surface area (Å²) in [6.45, 7) is 0. The number of carbonyl (C=O) groups excluding carboxylic acids is 2. The van der Waals surface area contributed by atoms with Crippen molar-refractivity contribution in [1.29, 1.82) is 0 Å². The van der Waals surface area contributed by atoms with Crippen LogP contribution < -0.4 is 10.6 Å². The number of amides is 2. The minimum absolute atomic E-state index is 0.0884. The molecule has 2 aromatic carbocycles. The Morgan fingerprint density at radius 3 is 2.04 bits per heavy atom. The SMILES string of the molecule is CNC(=O)Cc1ccc(NC(=O)c2ccc(S(=O)(=O)N(C)C)cc2)cc1. The summed E-state index contributed by atoms with van der Waals surface area (Å²) in [6.07, 6.45) is 0.270. The maximum atomic E-state index is 12.3. The van der Waals surface area contributed by atoms with Gasteiger partial charge >= 0.3 is 0 Å². The fourth-order valence-electron chi connectivity index (χ4n) is 2.17. The van der Waals surface area contributed by atoms with Crippen molar-refractivity contribution in [3.8, 4) is 0 Å². The molecule has 0 aliphatic heterocycles. The standard InChI is InChI=1S/C18H21N3O4S/c1-19-17(22)12-13-4-8-15(9-5-13)20-18(23)14-6-10-16(11-7-14)26(24,25)21(2)3/h4-11H,12H2,1-3H3,(H,19,22)(H,20,23). The molecule has 0 heterocycles. The molecule has 138 valence electrons. The second-order valence-corrected chi connectivity index (χ2v) is 7.96. The molecule has 0 spiro atoms. The topological polar surface area (TPSA) is 95.6 Å². The minimum atomic E-state index is -3.53. The molecule has 0 atom stereocenters. The van der Waals surface area contributed by atoms with Crippen LogP contribution in [0.3, 0.4) is 0 Å². The Kier molecular flexibility index (Phi) is 6.12. The van der Waals surface area contributed by atoms with Gasteiger partial charge in [-0.15, -0.1) is 0 Å². The zero-order chi connectivity index (χ0) is 19.3. The quantitative estimate of drug-likeness (QED) is 0.799. The van der Waals surface area contributed by atoms with Crippen molar-refractivity contribution in [3.05, 3.63) is 59.7 Å². The molecular formula is C18H21N3O4S. The summed E-state index contributed by atoms with van der Waals surface area (Å²) in [5, 5.41) is 5.28. The van der Waals surface area contributed by atoms with Gasteiger partial charge < -0.3 is 10.6 Å². The number of benzene rings is 2. The molecule has 26 heavy (non-hydrogen) atoms. The number of likely N-dealkylation sites (N-methyl/N-ethyl adjacent to an activating group) is 1. The van der Waals surface area contributed by atoms with E-state index in [0.717, 1.165) is 9.87 Å². The highest BCUT2D eigenvalue weighted by atomic mass is 32.2. The van der Waals surface area contributed by atoms with Crippen molar-refractivity contribution in [2.24, 2.45) is 0 Å². The lowest BCUT2D eigenvalue weighted by atomic mass is 10.1. The van der Waals surface area contributed by atoms with Crippen molar-refractivity contribution in [1.82, 2.24) is 9.62 Å². The molecule has 2 aromatic rings. The highest BCUT2D eigenvalue weighted by Gasteiger charge is 2.17. The first-order valence-corrected chi connectivity index (χ1v) is 9.31. The van der Waals surface area contributed by atoms with Gasteiger partial charge in [-0.1, -0.05) is 12.1 Å². The molecule has 2 amide bonds. The van der Waals surface area contributed by atoms with Crippen molar-refractivity contribution in [2.75, 3.05) is 26.5 Å². The third kappa shape index (κ3) is 4.68. The van der Waals surface area contributed by atoms with Gasteiger partial charge in [-0.05, 0) is 42.0 Å². The molecule has 0 radical (unpaired) electrons. The molecule has 0 aliphatic rings. The smallest absolute Gasteiger partial charge is 0.255 e. The van der Waals surface area contributed by atoms with Gasteiger partial charge in [0.1, 0.15) is 0 Å². The van der Waals surface area contributed by atoms with Crippen LogP contribution in [0.1, 0.15) is 15.9 Å². The maximum Gasteiger partial charge on any atom is 0.255 e. The summed E-state index contributed by atoms with van der Waals surface area (Å²) >= 11 is 0. The fraction of sp³-hybridized carbons (Fsp3) is 0.222. The lowest BCUT2D eigenvalue weighted by molar-refractivity contribution is -0.119. The van der Waals surface area contributed by atoms with E-state index >= 15 is 0 Å². The van der Waals surface area contributed by atoms with Crippen LogP contribution in [0, 0.1) is 0 Å². The number of hydrogen-bond donors (Lipinski definition) is 2. The lowest BCUT2D eigenvalue weighted by Crippen LogP contribution is -2.22. The zero-order valence-electron chi connectivity index (χ0n) is 14.8. The average Bonchev–Trinajstić information content (AvgIpc) is 2.63. The summed E-state index contributed by atoms with van der Waals surface area (Å²) in [7, 11) is 0.945. The molecule has 0 bridgehead atoms. The van der Waals surface area contributed by atoms with Gasteiger partial charge in [-0.2, -0.15) is 0 Å². The molecule has 7 nitrogen and oxygen atoms in total. The van der Waals surface area contributed by atoms with E-state index in [2.05, 4.69) is 10.6 Å². The Morgan fingerprint density at radius 2 is 1.54 bits per heavy atom. The van der Waals surface area contributed by atoms with Crippen molar-refractivity contribution >= 4 is 27.5 Å². The molecule has 0 saturated carbocycles. The van der Waals surface area contributed by atoms with E-state index in [4.69, 9.17) is 0 Å². The second-order valence-electron chi connectivity index (χ2n) is 5.81. The molecule has 2 N–H and O–H groups in total. The predicted octanol–water partition coefficient (Wildman–Crippen LogP) is 1.48. The summed E-state index contributed by atoms with van der Waals surface area (Å²) in [5.41, 5.74) is 1.76. The van der Waals surface area contributed by atoms with Crippen molar-refractivity contribution < 1.29 is 18.0 Å². The largest absolute Gasteiger partial charge is 0.359 e. The van der Waals surface area contributed by atoms with E-state index in [0.29, 0.717) is 11.3 Å². The first kappa shape index (κ1) is 19.6. The summed E-state index contributed by atoms with van der Waals surface area (Å²) in [6, 6.07) is 12.7. The van der Waals surface area contributed by atoms with E-state index in [1.54, 1.807) is 31.3 Å². The Labute approximate surface area is 153 Å². The van der Waals surface area contributed by atoms with Gasteiger partial charge in [0, 0.05) is 32.4 Å². The number of hydrogen-bond acceptors (Lipinski definition) is 4. The Balaban J connectivity index is 2.07. The lowest BCUT2D eigenvalue weighted by Gasteiger charge is -2.11. The third-order valence-corrected chi connectivity index (χ3v) is 5.58.